The van der Waals surface area contributed by atoms with Crippen molar-refractivity contribution < 1.29 is 9.53 Å². The third-order valence-electron chi connectivity index (χ3n) is 4.62. The number of aromatic nitrogens is 2. The summed E-state index contributed by atoms with van der Waals surface area (Å²) in [6.07, 6.45) is 0. The minimum atomic E-state index is -0.124. The average molecular weight is 386 g/mol. The molecule has 1 amide bonds. The largest absolute Gasteiger partial charge is 0.497 e. The molecule has 146 valence electrons. The number of amides is 1. The van der Waals surface area contributed by atoms with Crippen molar-refractivity contribution in [3.63, 3.8) is 0 Å². The van der Waals surface area contributed by atoms with Crippen molar-refractivity contribution in [3.05, 3.63) is 84.4 Å². The molecular formula is C23H22N4O2. The maximum absolute atomic E-state index is 12.7. The van der Waals surface area contributed by atoms with E-state index in [1.165, 1.54) is 0 Å². The number of benzene rings is 3. The van der Waals surface area contributed by atoms with Crippen LogP contribution in [-0.4, -0.2) is 22.6 Å². The number of fused-ring (bicyclic) bond motifs is 1. The van der Waals surface area contributed by atoms with Gasteiger partial charge >= 0.3 is 0 Å². The first-order valence-electron chi connectivity index (χ1n) is 9.40. The predicted octanol–water partition coefficient (Wildman–Crippen LogP) is 4.30. The molecule has 0 saturated carbocycles. The number of para-hydroxylation sites is 2. The van der Waals surface area contributed by atoms with Crippen LogP contribution in [0.15, 0.2) is 78.9 Å². The molecule has 1 heterocycles. The van der Waals surface area contributed by atoms with Crippen molar-refractivity contribution in [2.75, 3.05) is 17.7 Å². The summed E-state index contributed by atoms with van der Waals surface area (Å²) < 4.78 is 7.05. The highest BCUT2D eigenvalue weighted by Gasteiger charge is 2.14. The van der Waals surface area contributed by atoms with Crippen molar-refractivity contribution >= 4 is 28.6 Å². The first-order valence-corrected chi connectivity index (χ1v) is 9.40. The van der Waals surface area contributed by atoms with Gasteiger partial charge in [0.15, 0.2) is 0 Å². The Bertz CT molecular complexity index is 1100. The van der Waals surface area contributed by atoms with Gasteiger partial charge in [-0.3, -0.25) is 4.79 Å². The van der Waals surface area contributed by atoms with Gasteiger partial charge in [0.1, 0.15) is 12.3 Å². The maximum atomic E-state index is 12.7. The lowest BCUT2D eigenvalue weighted by molar-refractivity contribution is -0.116. The molecule has 2 N–H and O–H groups in total. The fourth-order valence-electron chi connectivity index (χ4n) is 3.17. The molecule has 29 heavy (non-hydrogen) atoms. The second-order valence-electron chi connectivity index (χ2n) is 6.63. The molecule has 6 nitrogen and oxygen atoms in total. The van der Waals surface area contributed by atoms with E-state index in [2.05, 4.69) is 27.8 Å². The number of methoxy groups -OCH3 is 1. The van der Waals surface area contributed by atoms with E-state index in [0.717, 1.165) is 28.0 Å². The number of hydrogen-bond acceptors (Lipinski definition) is 4. The standard InChI is InChI=1S/C23H22N4O2/c1-29-19-13-11-18(12-14-19)25-22(28)16-27-21-10-6-5-9-20(21)26-23(27)24-15-17-7-3-2-4-8-17/h2-14H,15-16H2,1H3,(H,24,26)(H,25,28). The Balaban J connectivity index is 1.53. The van der Waals surface area contributed by atoms with E-state index in [0.29, 0.717) is 12.5 Å². The molecule has 6 heteroatoms. The Kier molecular flexibility index (Phi) is 5.42. The summed E-state index contributed by atoms with van der Waals surface area (Å²) in [6.45, 7) is 0.786. The first kappa shape index (κ1) is 18.6. The molecule has 0 fully saturated rings. The third kappa shape index (κ3) is 4.38. The van der Waals surface area contributed by atoms with Crippen LogP contribution in [0.3, 0.4) is 0 Å². The van der Waals surface area contributed by atoms with Crippen molar-refractivity contribution in [2.45, 2.75) is 13.1 Å². The van der Waals surface area contributed by atoms with E-state index >= 15 is 0 Å². The molecular weight excluding hydrogens is 364 g/mol. The Hall–Kier alpha value is -3.80. The summed E-state index contributed by atoms with van der Waals surface area (Å²) in [6, 6.07) is 25.2. The number of nitrogens with zero attached hydrogens (tertiary/aromatic N) is 2. The quantitative estimate of drug-likeness (QED) is 0.497. The zero-order chi connectivity index (χ0) is 20.1. The van der Waals surface area contributed by atoms with E-state index in [1.807, 2.05) is 71.3 Å². The van der Waals surface area contributed by atoms with E-state index in [-0.39, 0.29) is 12.5 Å². The second kappa shape index (κ2) is 8.48. The minimum Gasteiger partial charge on any atom is -0.497 e. The van der Waals surface area contributed by atoms with Crippen LogP contribution >= 0.6 is 0 Å². The summed E-state index contributed by atoms with van der Waals surface area (Å²) in [7, 11) is 1.61. The lowest BCUT2D eigenvalue weighted by atomic mass is 10.2. The molecule has 0 aliphatic rings. The summed E-state index contributed by atoms with van der Waals surface area (Å²) in [5.41, 5.74) is 3.63. The van der Waals surface area contributed by atoms with Gasteiger partial charge in [0, 0.05) is 12.2 Å². The lowest BCUT2D eigenvalue weighted by Gasteiger charge is -2.12. The van der Waals surface area contributed by atoms with E-state index in [4.69, 9.17) is 4.74 Å². The zero-order valence-corrected chi connectivity index (χ0v) is 16.1. The topological polar surface area (TPSA) is 68.2 Å². The van der Waals surface area contributed by atoms with E-state index < -0.39 is 0 Å². The molecule has 0 spiro atoms. The van der Waals surface area contributed by atoms with Crippen LogP contribution < -0.4 is 15.4 Å². The fourth-order valence-corrected chi connectivity index (χ4v) is 3.17. The SMILES string of the molecule is COc1ccc(NC(=O)Cn2c(NCc3ccccc3)nc3ccccc32)cc1. The molecule has 0 bridgehead atoms. The van der Waals surface area contributed by atoms with Crippen LogP contribution in [0.2, 0.25) is 0 Å². The number of anilines is 2. The van der Waals surface area contributed by atoms with Crippen LogP contribution in [0.25, 0.3) is 11.0 Å². The van der Waals surface area contributed by atoms with Crippen LogP contribution in [-0.2, 0) is 17.9 Å². The predicted molar refractivity (Wildman–Crippen MR) is 115 cm³/mol. The lowest BCUT2D eigenvalue weighted by Crippen LogP contribution is -2.20. The Morgan fingerprint density at radius 1 is 0.966 bits per heavy atom. The Morgan fingerprint density at radius 2 is 1.69 bits per heavy atom. The molecule has 0 atom stereocenters. The monoisotopic (exact) mass is 386 g/mol. The van der Waals surface area contributed by atoms with Crippen LogP contribution in [0, 0.1) is 0 Å². The van der Waals surface area contributed by atoms with Crippen molar-refractivity contribution in [1.82, 2.24) is 9.55 Å². The van der Waals surface area contributed by atoms with Gasteiger partial charge < -0.3 is 19.9 Å². The van der Waals surface area contributed by atoms with Gasteiger partial charge in [0.25, 0.3) is 0 Å². The third-order valence-corrected chi connectivity index (χ3v) is 4.62. The Morgan fingerprint density at radius 3 is 2.45 bits per heavy atom. The highest BCUT2D eigenvalue weighted by atomic mass is 16.5. The van der Waals surface area contributed by atoms with E-state index in [9.17, 15) is 4.79 Å². The molecule has 3 aromatic carbocycles. The summed E-state index contributed by atoms with van der Waals surface area (Å²) >= 11 is 0. The van der Waals surface area contributed by atoms with Crippen LogP contribution in [0.1, 0.15) is 5.56 Å². The van der Waals surface area contributed by atoms with Gasteiger partial charge in [-0.1, -0.05) is 42.5 Å². The zero-order valence-electron chi connectivity index (χ0n) is 16.1. The van der Waals surface area contributed by atoms with Gasteiger partial charge in [0.05, 0.1) is 18.1 Å². The molecule has 4 rings (SSSR count). The number of carbonyl (C=O) groups is 1. The van der Waals surface area contributed by atoms with Crippen molar-refractivity contribution in [1.29, 1.82) is 0 Å². The minimum absolute atomic E-state index is 0.124. The van der Waals surface area contributed by atoms with Gasteiger partial charge in [-0.15, -0.1) is 0 Å². The van der Waals surface area contributed by atoms with Gasteiger partial charge in [-0.05, 0) is 42.0 Å². The summed E-state index contributed by atoms with van der Waals surface area (Å²) in [5, 5.41) is 6.28. The number of carbonyl (C=O) groups excluding carboxylic acids is 1. The number of imidazole rings is 1. The van der Waals surface area contributed by atoms with Crippen LogP contribution in [0.4, 0.5) is 11.6 Å². The molecule has 0 unspecified atom stereocenters. The number of hydrogen-bond donors (Lipinski definition) is 2. The molecule has 4 aromatic rings. The Labute approximate surface area is 169 Å². The highest BCUT2D eigenvalue weighted by molar-refractivity contribution is 5.92. The second-order valence-corrected chi connectivity index (χ2v) is 6.63. The first-order chi connectivity index (χ1) is 14.2. The molecule has 0 aliphatic heterocycles. The number of rotatable bonds is 7. The number of ether oxygens (including phenoxy) is 1. The average Bonchev–Trinajstić information content (AvgIpc) is 3.11. The molecule has 0 radical (unpaired) electrons. The normalized spacial score (nSPS) is 10.7. The van der Waals surface area contributed by atoms with Crippen LogP contribution in [0.5, 0.6) is 5.75 Å². The summed E-state index contributed by atoms with van der Waals surface area (Å²) in [4.78, 5) is 17.4. The van der Waals surface area contributed by atoms with Gasteiger partial charge in [0.2, 0.25) is 11.9 Å². The molecule has 0 aliphatic carbocycles. The van der Waals surface area contributed by atoms with Gasteiger partial charge in [-0.25, -0.2) is 4.98 Å². The number of nitrogens with one attached hydrogen (secondary N) is 2. The smallest absolute Gasteiger partial charge is 0.244 e. The van der Waals surface area contributed by atoms with Gasteiger partial charge in [-0.2, -0.15) is 0 Å². The maximum Gasteiger partial charge on any atom is 0.244 e. The fraction of sp³-hybridized carbons (Fsp3) is 0.130. The van der Waals surface area contributed by atoms with Crippen molar-refractivity contribution in [2.24, 2.45) is 0 Å². The highest BCUT2D eigenvalue weighted by Crippen LogP contribution is 2.21. The summed E-state index contributed by atoms with van der Waals surface area (Å²) in [5.74, 6) is 1.29. The van der Waals surface area contributed by atoms with Crippen molar-refractivity contribution in [3.8, 4) is 5.75 Å². The van der Waals surface area contributed by atoms with E-state index in [1.54, 1.807) is 7.11 Å². The molecule has 0 saturated heterocycles. The molecule has 1 aromatic heterocycles.